The average Bonchev–Trinajstić information content (AvgIpc) is 2.96. The second kappa shape index (κ2) is 4.07. The number of anilines is 1. The van der Waals surface area contributed by atoms with E-state index < -0.39 is 10.2 Å². The number of fused-ring (bicyclic) bond motifs is 1. The molecule has 2 aromatic heterocycles. The van der Waals surface area contributed by atoms with Crippen LogP contribution >= 0.6 is 11.3 Å². The standard InChI is InChI=1S/C10H8N4O2S2/c15-18(16,13-10-11-5-6-17-10)14-9-4-2-1-3-8(9)7-12-14/h1-7H,(H,11,13). The Balaban J connectivity index is 2.08. The van der Waals surface area contributed by atoms with E-state index in [0.29, 0.717) is 10.6 Å². The number of nitrogens with one attached hydrogen (secondary N) is 1. The lowest BCUT2D eigenvalue weighted by atomic mass is 10.3. The molecule has 3 rings (SSSR count). The summed E-state index contributed by atoms with van der Waals surface area (Å²) in [6, 6.07) is 7.09. The van der Waals surface area contributed by atoms with Crippen molar-refractivity contribution in [2.24, 2.45) is 0 Å². The lowest BCUT2D eigenvalue weighted by molar-refractivity contribution is 0.588. The van der Waals surface area contributed by atoms with Crippen LogP contribution in [-0.4, -0.2) is 22.6 Å². The molecule has 0 radical (unpaired) electrons. The molecule has 0 saturated heterocycles. The van der Waals surface area contributed by atoms with Gasteiger partial charge in [-0.25, -0.2) is 9.71 Å². The van der Waals surface area contributed by atoms with Gasteiger partial charge < -0.3 is 0 Å². The zero-order valence-electron chi connectivity index (χ0n) is 9.02. The van der Waals surface area contributed by atoms with Crippen LogP contribution in [0, 0.1) is 0 Å². The van der Waals surface area contributed by atoms with Crippen molar-refractivity contribution >= 4 is 37.6 Å². The quantitative estimate of drug-likeness (QED) is 0.792. The maximum Gasteiger partial charge on any atom is 0.345 e. The second-order valence-electron chi connectivity index (χ2n) is 3.49. The molecule has 3 aromatic rings. The number of para-hydroxylation sites is 1. The van der Waals surface area contributed by atoms with Crippen molar-refractivity contribution in [1.29, 1.82) is 0 Å². The molecule has 0 saturated carbocycles. The first-order valence-corrected chi connectivity index (χ1v) is 7.34. The molecule has 0 amide bonds. The molecule has 8 heteroatoms. The van der Waals surface area contributed by atoms with E-state index in [-0.39, 0.29) is 0 Å². The molecule has 0 aliphatic rings. The van der Waals surface area contributed by atoms with Gasteiger partial charge in [-0.15, -0.1) is 15.4 Å². The van der Waals surface area contributed by atoms with Gasteiger partial charge in [0.1, 0.15) is 0 Å². The SMILES string of the molecule is O=S(=O)(Nc1nccs1)n1ncc2ccccc21. The van der Waals surface area contributed by atoms with Gasteiger partial charge in [0.05, 0.1) is 11.7 Å². The molecule has 0 spiro atoms. The minimum atomic E-state index is -3.76. The van der Waals surface area contributed by atoms with Crippen LogP contribution in [0.15, 0.2) is 42.0 Å². The largest absolute Gasteiger partial charge is 0.345 e. The lowest BCUT2D eigenvalue weighted by Gasteiger charge is -2.05. The molecule has 2 heterocycles. The van der Waals surface area contributed by atoms with Gasteiger partial charge in [-0.3, -0.25) is 0 Å². The van der Waals surface area contributed by atoms with Crippen molar-refractivity contribution < 1.29 is 8.42 Å². The Morgan fingerprint density at radius 1 is 1.28 bits per heavy atom. The van der Waals surface area contributed by atoms with E-state index in [4.69, 9.17) is 0 Å². The van der Waals surface area contributed by atoms with E-state index in [1.54, 1.807) is 23.6 Å². The second-order valence-corrected chi connectivity index (χ2v) is 5.89. The van der Waals surface area contributed by atoms with Crippen molar-refractivity contribution in [3.63, 3.8) is 0 Å². The predicted molar refractivity (Wildman–Crippen MR) is 69.8 cm³/mol. The first-order chi connectivity index (χ1) is 8.67. The molecule has 18 heavy (non-hydrogen) atoms. The Morgan fingerprint density at radius 2 is 2.11 bits per heavy atom. The summed E-state index contributed by atoms with van der Waals surface area (Å²) in [4.78, 5) is 3.88. The first kappa shape index (κ1) is 11.2. The highest BCUT2D eigenvalue weighted by Gasteiger charge is 2.17. The van der Waals surface area contributed by atoms with Crippen molar-refractivity contribution in [2.75, 3.05) is 4.72 Å². The van der Waals surface area contributed by atoms with Gasteiger partial charge in [0.25, 0.3) is 0 Å². The number of thiazole rings is 1. The zero-order valence-corrected chi connectivity index (χ0v) is 10.6. The van der Waals surface area contributed by atoms with Gasteiger partial charge >= 0.3 is 10.2 Å². The number of hydrogen-bond acceptors (Lipinski definition) is 5. The van der Waals surface area contributed by atoms with Crippen LogP contribution in [0.3, 0.4) is 0 Å². The van der Waals surface area contributed by atoms with Crippen LogP contribution in [0.5, 0.6) is 0 Å². The molecule has 0 unspecified atom stereocenters. The van der Waals surface area contributed by atoms with E-state index in [1.807, 2.05) is 6.07 Å². The summed E-state index contributed by atoms with van der Waals surface area (Å²) in [6.07, 6.45) is 3.04. The molecule has 1 aromatic carbocycles. The summed E-state index contributed by atoms with van der Waals surface area (Å²) in [7, 11) is -3.76. The van der Waals surface area contributed by atoms with E-state index in [2.05, 4.69) is 14.8 Å². The van der Waals surface area contributed by atoms with Crippen molar-refractivity contribution in [2.45, 2.75) is 0 Å². The first-order valence-electron chi connectivity index (χ1n) is 5.02. The van der Waals surface area contributed by atoms with Crippen LogP contribution in [-0.2, 0) is 10.2 Å². The van der Waals surface area contributed by atoms with Gasteiger partial charge in [-0.05, 0) is 6.07 Å². The number of rotatable bonds is 3. The summed E-state index contributed by atoms with van der Waals surface area (Å²) in [5.74, 6) is 0. The molecule has 1 N–H and O–H groups in total. The van der Waals surface area contributed by atoms with Crippen LogP contribution < -0.4 is 4.72 Å². The lowest BCUT2D eigenvalue weighted by Crippen LogP contribution is -2.22. The maximum atomic E-state index is 12.1. The van der Waals surface area contributed by atoms with E-state index >= 15 is 0 Å². The Hall–Kier alpha value is -1.93. The number of nitrogens with zero attached hydrogens (tertiary/aromatic N) is 3. The Kier molecular flexibility index (Phi) is 2.53. The van der Waals surface area contributed by atoms with Crippen LogP contribution in [0.1, 0.15) is 0 Å². The minimum Gasteiger partial charge on any atom is -0.240 e. The van der Waals surface area contributed by atoms with E-state index in [1.165, 1.54) is 23.7 Å². The molecule has 92 valence electrons. The molecule has 0 bridgehead atoms. The summed E-state index contributed by atoms with van der Waals surface area (Å²) in [5.41, 5.74) is 0.529. The molecular weight excluding hydrogens is 272 g/mol. The highest BCUT2D eigenvalue weighted by molar-refractivity contribution is 7.91. The predicted octanol–water partition coefficient (Wildman–Crippen LogP) is 1.70. The minimum absolute atomic E-state index is 0.314. The maximum absolute atomic E-state index is 12.1. The normalized spacial score (nSPS) is 11.8. The van der Waals surface area contributed by atoms with Gasteiger partial charge in [0.15, 0.2) is 5.13 Å². The summed E-state index contributed by atoms with van der Waals surface area (Å²) < 4.78 is 27.6. The highest BCUT2D eigenvalue weighted by atomic mass is 32.2. The Morgan fingerprint density at radius 3 is 2.89 bits per heavy atom. The zero-order chi connectivity index (χ0) is 12.6. The molecule has 0 aliphatic heterocycles. The molecule has 6 nitrogen and oxygen atoms in total. The van der Waals surface area contributed by atoms with Gasteiger partial charge in [0, 0.05) is 17.0 Å². The Labute approximate surface area is 107 Å². The van der Waals surface area contributed by atoms with Crippen molar-refractivity contribution in [1.82, 2.24) is 14.2 Å². The number of benzene rings is 1. The van der Waals surface area contributed by atoms with Crippen LogP contribution in [0.2, 0.25) is 0 Å². The monoisotopic (exact) mass is 280 g/mol. The fourth-order valence-electron chi connectivity index (χ4n) is 1.57. The topological polar surface area (TPSA) is 76.9 Å². The third-order valence-corrected chi connectivity index (χ3v) is 4.34. The molecule has 0 atom stereocenters. The van der Waals surface area contributed by atoms with E-state index in [0.717, 1.165) is 9.47 Å². The van der Waals surface area contributed by atoms with Gasteiger partial charge in [-0.2, -0.15) is 13.5 Å². The summed E-state index contributed by atoms with van der Waals surface area (Å²) in [6.45, 7) is 0. The summed E-state index contributed by atoms with van der Waals surface area (Å²) >= 11 is 1.21. The van der Waals surface area contributed by atoms with Crippen LogP contribution in [0.25, 0.3) is 10.9 Å². The average molecular weight is 280 g/mol. The Bertz CT molecular complexity index is 777. The smallest absolute Gasteiger partial charge is 0.240 e. The van der Waals surface area contributed by atoms with E-state index in [9.17, 15) is 8.42 Å². The highest BCUT2D eigenvalue weighted by Crippen LogP contribution is 2.17. The van der Waals surface area contributed by atoms with Crippen molar-refractivity contribution in [3.05, 3.63) is 42.0 Å². The third-order valence-electron chi connectivity index (χ3n) is 2.32. The molecule has 0 fully saturated rings. The molecule has 0 aliphatic carbocycles. The fraction of sp³-hybridized carbons (Fsp3) is 0. The third kappa shape index (κ3) is 1.85. The number of aromatic nitrogens is 3. The number of hydrogen-bond donors (Lipinski definition) is 1. The summed E-state index contributed by atoms with van der Waals surface area (Å²) in [5, 5.41) is 6.66. The molecular formula is C10H8N4O2S2. The van der Waals surface area contributed by atoms with Crippen LogP contribution in [0.4, 0.5) is 5.13 Å². The fourth-order valence-corrected chi connectivity index (χ4v) is 3.40. The van der Waals surface area contributed by atoms with Crippen molar-refractivity contribution in [3.8, 4) is 0 Å². The van der Waals surface area contributed by atoms with Gasteiger partial charge in [0.2, 0.25) is 0 Å². The van der Waals surface area contributed by atoms with Gasteiger partial charge in [-0.1, -0.05) is 18.2 Å².